The van der Waals surface area contributed by atoms with Crippen LogP contribution in [0.2, 0.25) is 0 Å². The highest BCUT2D eigenvalue weighted by atomic mass is 127. The molecule has 0 unspecified atom stereocenters. The standard InChI is InChI=1S/C14H13BrIN3/c15-10-5-1-8(2-6-10)7-11-18-13(9-3-4-9)12(16)14(17)19-11/h1-2,5-6,9H,3-4,7H2,(H2,17,18,19). The van der Waals surface area contributed by atoms with Gasteiger partial charge >= 0.3 is 0 Å². The molecule has 0 radical (unpaired) electrons. The van der Waals surface area contributed by atoms with Gasteiger partial charge in [0, 0.05) is 16.8 Å². The molecule has 2 aromatic rings. The van der Waals surface area contributed by atoms with E-state index in [9.17, 15) is 0 Å². The molecule has 3 nitrogen and oxygen atoms in total. The smallest absolute Gasteiger partial charge is 0.140 e. The van der Waals surface area contributed by atoms with Crippen LogP contribution < -0.4 is 5.73 Å². The van der Waals surface area contributed by atoms with Crippen LogP contribution in [0.4, 0.5) is 5.82 Å². The summed E-state index contributed by atoms with van der Waals surface area (Å²) >= 11 is 5.69. The molecular weight excluding hydrogens is 417 g/mol. The number of aromatic nitrogens is 2. The summed E-state index contributed by atoms with van der Waals surface area (Å²) in [5, 5.41) is 0. The number of anilines is 1. The minimum absolute atomic E-state index is 0.598. The third kappa shape index (κ3) is 3.08. The first-order chi connectivity index (χ1) is 9.13. The number of benzene rings is 1. The Morgan fingerprint density at radius 1 is 1.21 bits per heavy atom. The molecule has 19 heavy (non-hydrogen) atoms. The van der Waals surface area contributed by atoms with Crippen molar-refractivity contribution in [1.29, 1.82) is 0 Å². The number of nitrogens with two attached hydrogens (primary N) is 1. The molecule has 0 spiro atoms. The summed E-state index contributed by atoms with van der Waals surface area (Å²) in [7, 11) is 0. The van der Waals surface area contributed by atoms with E-state index in [1.165, 1.54) is 18.4 Å². The van der Waals surface area contributed by atoms with Gasteiger partial charge in [-0.1, -0.05) is 28.1 Å². The van der Waals surface area contributed by atoms with Gasteiger partial charge in [0.15, 0.2) is 0 Å². The Kier molecular flexibility index (Phi) is 3.75. The summed E-state index contributed by atoms with van der Waals surface area (Å²) in [6.45, 7) is 0. The lowest BCUT2D eigenvalue weighted by molar-refractivity contribution is 0.894. The van der Waals surface area contributed by atoms with E-state index in [-0.39, 0.29) is 0 Å². The highest BCUT2D eigenvalue weighted by Crippen LogP contribution is 2.41. The van der Waals surface area contributed by atoms with Crippen molar-refractivity contribution in [3.8, 4) is 0 Å². The zero-order chi connectivity index (χ0) is 13.4. The van der Waals surface area contributed by atoms with Gasteiger partial charge < -0.3 is 5.73 Å². The lowest BCUT2D eigenvalue weighted by Gasteiger charge is -2.08. The van der Waals surface area contributed by atoms with Gasteiger partial charge in [0.25, 0.3) is 0 Å². The molecule has 5 heteroatoms. The van der Waals surface area contributed by atoms with E-state index in [1.54, 1.807) is 0 Å². The van der Waals surface area contributed by atoms with Crippen LogP contribution in [0, 0.1) is 3.57 Å². The van der Waals surface area contributed by atoms with Crippen molar-refractivity contribution >= 4 is 44.3 Å². The van der Waals surface area contributed by atoms with Gasteiger partial charge in [0.2, 0.25) is 0 Å². The van der Waals surface area contributed by atoms with Gasteiger partial charge in [-0.15, -0.1) is 0 Å². The molecule has 0 amide bonds. The molecule has 0 aliphatic heterocycles. The molecule has 3 rings (SSSR count). The van der Waals surface area contributed by atoms with E-state index in [2.05, 4.69) is 55.6 Å². The van der Waals surface area contributed by atoms with Crippen molar-refractivity contribution in [2.45, 2.75) is 25.2 Å². The Bertz CT molecular complexity index is 609. The Labute approximate surface area is 134 Å². The Hall–Kier alpha value is -0.690. The molecule has 0 bridgehead atoms. The number of hydrogen-bond acceptors (Lipinski definition) is 3. The first-order valence-corrected chi connectivity index (χ1v) is 8.07. The number of halogens is 2. The number of nitrogens with zero attached hydrogens (tertiary/aromatic N) is 2. The maximum Gasteiger partial charge on any atom is 0.140 e. The van der Waals surface area contributed by atoms with Crippen LogP contribution >= 0.6 is 38.5 Å². The van der Waals surface area contributed by atoms with Crippen LogP contribution in [0.25, 0.3) is 0 Å². The highest BCUT2D eigenvalue weighted by Gasteiger charge is 2.28. The number of hydrogen-bond donors (Lipinski definition) is 1. The van der Waals surface area contributed by atoms with Gasteiger partial charge in [0.1, 0.15) is 11.6 Å². The summed E-state index contributed by atoms with van der Waals surface area (Å²) in [4.78, 5) is 9.11. The van der Waals surface area contributed by atoms with Crippen molar-refractivity contribution in [3.63, 3.8) is 0 Å². The van der Waals surface area contributed by atoms with E-state index in [0.717, 1.165) is 26.0 Å². The minimum atomic E-state index is 0.598. The summed E-state index contributed by atoms with van der Waals surface area (Å²) in [6.07, 6.45) is 3.18. The van der Waals surface area contributed by atoms with E-state index in [0.29, 0.717) is 11.7 Å². The first-order valence-electron chi connectivity index (χ1n) is 6.19. The zero-order valence-corrected chi connectivity index (χ0v) is 14.0. The van der Waals surface area contributed by atoms with E-state index < -0.39 is 0 Å². The molecule has 1 heterocycles. The van der Waals surface area contributed by atoms with E-state index >= 15 is 0 Å². The Morgan fingerprint density at radius 3 is 2.53 bits per heavy atom. The summed E-state index contributed by atoms with van der Waals surface area (Å²) in [5.41, 5.74) is 8.34. The number of nitrogen functional groups attached to an aromatic ring is 1. The number of rotatable bonds is 3. The molecule has 0 saturated heterocycles. The van der Waals surface area contributed by atoms with Crippen molar-refractivity contribution in [2.75, 3.05) is 5.73 Å². The van der Waals surface area contributed by atoms with E-state index in [4.69, 9.17) is 10.7 Å². The van der Waals surface area contributed by atoms with Crippen LogP contribution in [0.3, 0.4) is 0 Å². The first kappa shape index (κ1) is 13.3. The molecule has 1 aromatic heterocycles. The molecule has 1 aliphatic rings. The van der Waals surface area contributed by atoms with Crippen LogP contribution in [0.15, 0.2) is 28.7 Å². The van der Waals surface area contributed by atoms with Crippen molar-refractivity contribution in [1.82, 2.24) is 9.97 Å². The molecule has 98 valence electrons. The molecule has 2 N–H and O–H groups in total. The van der Waals surface area contributed by atoms with Crippen LogP contribution in [0.5, 0.6) is 0 Å². The average Bonchev–Trinajstić information content (AvgIpc) is 3.21. The minimum Gasteiger partial charge on any atom is -0.383 e. The Balaban J connectivity index is 1.90. The van der Waals surface area contributed by atoms with E-state index in [1.807, 2.05) is 12.1 Å². The summed E-state index contributed by atoms with van der Waals surface area (Å²) in [5.74, 6) is 2.03. The second-order valence-corrected chi connectivity index (χ2v) is 6.80. The average molecular weight is 430 g/mol. The predicted octanol–water partition coefficient (Wildman–Crippen LogP) is 3.89. The second kappa shape index (κ2) is 5.36. The molecule has 0 atom stereocenters. The predicted molar refractivity (Wildman–Crippen MR) is 88.1 cm³/mol. The normalized spacial score (nSPS) is 14.6. The molecule has 1 aromatic carbocycles. The quantitative estimate of drug-likeness (QED) is 0.753. The maximum absolute atomic E-state index is 6.00. The molecule has 1 saturated carbocycles. The third-order valence-corrected chi connectivity index (χ3v) is 4.82. The maximum atomic E-state index is 6.00. The highest BCUT2D eigenvalue weighted by molar-refractivity contribution is 14.1. The topological polar surface area (TPSA) is 51.8 Å². The van der Waals surface area contributed by atoms with Gasteiger partial charge in [-0.25, -0.2) is 9.97 Å². The van der Waals surface area contributed by atoms with Gasteiger partial charge in [0.05, 0.1) is 9.26 Å². The Morgan fingerprint density at radius 2 is 1.89 bits per heavy atom. The fraction of sp³-hybridized carbons (Fsp3) is 0.286. The lowest BCUT2D eigenvalue weighted by Crippen LogP contribution is -2.07. The SMILES string of the molecule is Nc1nc(Cc2ccc(Br)cc2)nc(C2CC2)c1I. The van der Waals surface area contributed by atoms with Crippen LogP contribution in [-0.2, 0) is 6.42 Å². The second-order valence-electron chi connectivity index (χ2n) is 4.80. The molecule has 1 aliphatic carbocycles. The van der Waals surface area contributed by atoms with Crippen LogP contribution in [0.1, 0.15) is 35.8 Å². The zero-order valence-electron chi connectivity index (χ0n) is 10.2. The molecular formula is C14H13BrIN3. The van der Waals surface area contributed by atoms with Crippen molar-refractivity contribution < 1.29 is 0 Å². The fourth-order valence-electron chi connectivity index (χ4n) is 2.02. The van der Waals surface area contributed by atoms with Crippen LogP contribution in [-0.4, -0.2) is 9.97 Å². The molecule has 1 fully saturated rings. The monoisotopic (exact) mass is 429 g/mol. The summed E-state index contributed by atoms with van der Waals surface area (Å²) < 4.78 is 2.11. The van der Waals surface area contributed by atoms with Gasteiger partial charge in [-0.3, -0.25) is 0 Å². The fourth-order valence-corrected chi connectivity index (χ4v) is 2.97. The van der Waals surface area contributed by atoms with Gasteiger partial charge in [-0.05, 0) is 53.1 Å². The summed E-state index contributed by atoms with van der Waals surface area (Å²) in [6, 6.07) is 8.23. The van der Waals surface area contributed by atoms with Crippen molar-refractivity contribution in [3.05, 3.63) is 49.4 Å². The van der Waals surface area contributed by atoms with Gasteiger partial charge in [-0.2, -0.15) is 0 Å². The van der Waals surface area contributed by atoms with Crippen molar-refractivity contribution in [2.24, 2.45) is 0 Å². The third-order valence-electron chi connectivity index (χ3n) is 3.19. The lowest BCUT2D eigenvalue weighted by atomic mass is 10.1. The largest absolute Gasteiger partial charge is 0.383 e.